The molecule has 0 spiro atoms. The third-order valence-electron chi connectivity index (χ3n) is 6.19. The van der Waals surface area contributed by atoms with Gasteiger partial charge in [-0.25, -0.2) is 9.97 Å². The molecule has 1 aliphatic rings. The molecule has 0 unspecified atom stereocenters. The number of nitrogens with zero attached hydrogens (tertiary/aromatic N) is 4. The number of terminal acetylenes is 1. The van der Waals surface area contributed by atoms with E-state index in [-0.39, 0.29) is 12.0 Å². The third kappa shape index (κ3) is 6.65. The Morgan fingerprint density at radius 2 is 2.05 bits per heavy atom. The Labute approximate surface area is 222 Å². The highest BCUT2D eigenvalue weighted by Crippen LogP contribution is 2.35. The van der Waals surface area contributed by atoms with Gasteiger partial charge in [-0.15, -0.1) is 6.42 Å². The number of hydrogen-bond acceptors (Lipinski definition) is 8. The predicted octanol–water partition coefficient (Wildman–Crippen LogP) is 4.23. The molecule has 0 saturated carbocycles. The van der Waals surface area contributed by atoms with E-state index in [9.17, 15) is 10.1 Å². The number of hydrogen-bond donors (Lipinski definition) is 2. The Morgan fingerprint density at radius 3 is 2.76 bits per heavy atom. The van der Waals surface area contributed by atoms with Crippen LogP contribution in [-0.2, 0) is 9.53 Å². The zero-order valence-electron chi connectivity index (χ0n) is 21.5. The van der Waals surface area contributed by atoms with Crippen molar-refractivity contribution in [2.45, 2.75) is 26.4 Å². The maximum atomic E-state index is 12.8. The fourth-order valence-corrected chi connectivity index (χ4v) is 4.11. The lowest BCUT2D eigenvalue weighted by atomic mass is 10.1. The highest BCUT2D eigenvalue weighted by Gasteiger charge is 2.21. The Kier molecular flexibility index (Phi) is 8.89. The Morgan fingerprint density at radius 1 is 1.24 bits per heavy atom. The first kappa shape index (κ1) is 26.6. The third-order valence-corrected chi connectivity index (χ3v) is 6.19. The number of likely N-dealkylation sites (N-methyl/N-ethyl adjacent to an activating group) is 1. The molecule has 9 nitrogen and oxygen atoms in total. The lowest BCUT2D eigenvalue weighted by molar-refractivity contribution is -0.111. The summed E-state index contributed by atoms with van der Waals surface area (Å²) in [6, 6.07) is 10.8. The van der Waals surface area contributed by atoms with Crippen LogP contribution in [0.1, 0.15) is 31.4 Å². The molecule has 9 heteroatoms. The second-order valence-electron chi connectivity index (χ2n) is 8.75. The molecule has 0 bridgehead atoms. The fourth-order valence-electron chi connectivity index (χ4n) is 4.11. The second kappa shape index (κ2) is 12.7. The van der Waals surface area contributed by atoms with Gasteiger partial charge < -0.3 is 25.0 Å². The number of nitrogens with one attached hydrogen (secondary N) is 2. The Balaban J connectivity index is 1.67. The van der Waals surface area contributed by atoms with Gasteiger partial charge in [-0.1, -0.05) is 25.8 Å². The van der Waals surface area contributed by atoms with Gasteiger partial charge >= 0.3 is 0 Å². The number of aromatic nitrogens is 2. The number of anilines is 3. The normalized spacial score (nSPS) is 14.9. The lowest BCUT2D eigenvalue weighted by Gasteiger charge is -2.18. The van der Waals surface area contributed by atoms with Crippen molar-refractivity contribution in [2.24, 2.45) is 0 Å². The summed E-state index contributed by atoms with van der Waals surface area (Å²) in [4.78, 5) is 23.8. The van der Waals surface area contributed by atoms with Gasteiger partial charge in [0.1, 0.15) is 24.0 Å². The number of carbonyl (C=O) groups excluding carboxylic acids is 1. The van der Waals surface area contributed by atoms with Gasteiger partial charge in [0.15, 0.2) is 0 Å². The first-order chi connectivity index (χ1) is 18.5. The first-order valence-corrected chi connectivity index (χ1v) is 12.5. The van der Waals surface area contributed by atoms with Crippen LogP contribution in [0.4, 0.5) is 17.2 Å². The molecule has 1 fully saturated rings. The van der Waals surface area contributed by atoms with Crippen LogP contribution < -0.4 is 15.4 Å². The van der Waals surface area contributed by atoms with Crippen LogP contribution in [-0.4, -0.2) is 59.7 Å². The molecule has 1 saturated heterocycles. The second-order valence-corrected chi connectivity index (χ2v) is 8.75. The average Bonchev–Trinajstić information content (AvgIpc) is 3.44. The number of benzene rings is 2. The van der Waals surface area contributed by atoms with Gasteiger partial charge in [0.2, 0.25) is 5.91 Å². The first-order valence-electron chi connectivity index (χ1n) is 12.5. The molecule has 2 heterocycles. The Hall–Kier alpha value is -4.44. The van der Waals surface area contributed by atoms with E-state index >= 15 is 0 Å². The monoisotopic (exact) mass is 510 g/mol. The van der Waals surface area contributed by atoms with Crippen molar-refractivity contribution in [1.82, 2.24) is 14.9 Å². The highest BCUT2D eigenvalue weighted by molar-refractivity contribution is 6.03. The van der Waals surface area contributed by atoms with Crippen molar-refractivity contribution in [2.75, 3.05) is 43.5 Å². The Bertz CT molecular complexity index is 1380. The summed E-state index contributed by atoms with van der Waals surface area (Å²) in [5.74, 6) is 3.29. The molecule has 0 radical (unpaired) electrons. The van der Waals surface area contributed by atoms with Gasteiger partial charge in [0.05, 0.1) is 36.1 Å². The minimum Gasteiger partial charge on any atom is -0.486 e. The van der Waals surface area contributed by atoms with E-state index in [1.165, 1.54) is 12.4 Å². The van der Waals surface area contributed by atoms with Crippen LogP contribution in [0.25, 0.3) is 10.9 Å². The number of ether oxygens (including phenoxy) is 2. The minimum absolute atomic E-state index is 0.114. The van der Waals surface area contributed by atoms with E-state index in [1.807, 2.05) is 6.08 Å². The van der Waals surface area contributed by atoms with Gasteiger partial charge in [0.25, 0.3) is 0 Å². The van der Waals surface area contributed by atoms with Gasteiger partial charge in [0, 0.05) is 41.7 Å². The molecule has 2 aromatic carbocycles. The molecule has 194 valence electrons. The van der Waals surface area contributed by atoms with Crippen LogP contribution >= 0.6 is 0 Å². The number of rotatable bonds is 10. The summed E-state index contributed by atoms with van der Waals surface area (Å²) < 4.78 is 11.7. The fraction of sp³-hybridized carbons (Fsp3) is 0.310. The largest absolute Gasteiger partial charge is 0.486 e. The van der Waals surface area contributed by atoms with Gasteiger partial charge in [-0.3, -0.25) is 4.79 Å². The van der Waals surface area contributed by atoms with Crippen molar-refractivity contribution in [3.05, 3.63) is 59.9 Å². The molecular weight excluding hydrogens is 480 g/mol. The molecule has 1 amide bonds. The highest BCUT2D eigenvalue weighted by atomic mass is 16.5. The molecule has 4 rings (SSSR count). The van der Waals surface area contributed by atoms with E-state index in [2.05, 4.69) is 51.3 Å². The molecular formula is C29H30N6O3. The standard InChI is InChI=1S/C29H30N6O3/c1-4-20-12-21(17-30)14-22(13-20)33-29-24-15-26(34-28(36)8-7-10-35(5-2)6-3)27(16-25(24)31-19-32-29)38-23-9-11-37-18-23/h1,7-8,12-16,19,23H,5-6,9-11,18H2,2-3H3,(H,34,36)(H,31,32,33)/b8-7+/t23-/m0/s1. The van der Waals surface area contributed by atoms with Gasteiger partial charge in [-0.2, -0.15) is 5.26 Å². The van der Waals surface area contributed by atoms with Crippen molar-refractivity contribution in [3.63, 3.8) is 0 Å². The molecule has 0 aliphatic carbocycles. The maximum absolute atomic E-state index is 12.8. The molecule has 1 aromatic heterocycles. The van der Waals surface area contributed by atoms with Crippen LogP contribution in [0.3, 0.4) is 0 Å². The number of carbonyl (C=O) groups is 1. The SMILES string of the molecule is C#Cc1cc(C#N)cc(Nc2ncnc3cc(O[C@H]4CCOC4)c(NC(=O)/C=C/CN(CC)CC)cc23)c1. The van der Waals surface area contributed by atoms with E-state index in [0.29, 0.717) is 64.7 Å². The molecule has 2 N–H and O–H groups in total. The van der Waals surface area contributed by atoms with Crippen LogP contribution in [0.2, 0.25) is 0 Å². The predicted molar refractivity (Wildman–Crippen MR) is 147 cm³/mol. The van der Waals surface area contributed by atoms with Crippen molar-refractivity contribution < 1.29 is 14.3 Å². The average molecular weight is 511 g/mol. The quantitative estimate of drug-likeness (QED) is 0.308. The number of nitriles is 1. The van der Waals surface area contributed by atoms with E-state index in [0.717, 1.165) is 19.5 Å². The molecule has 3 aromatic rings. The molecule has 1 aliphatic heterocycles. The van der Waals surface area contributed by atoms with Crippen LogP contribution in [0, 0.1) is 23.7 Å². The summed E-state index contributed by atoms with van der Waals surface area (Å²) in [5.41, 5.74) is 2.74. The molecule has 1 atom stereocenters. The van der Waals surface area contributed by atoms with Gasteiger partial charge in [-0.05, 0) is 37.4 Å². The topological polar surface area (TPSA) is 112 Å². The molecule has 38 heavy (non-hydrogen) atoms. The smallest absolute Gasteiger partial charge is 0.248 e. The summed E-state index contributed by atoms with van der Waals surface area (Å²) in [7, 11) is 0. The zero-order chi connectivity index (χ0) is 26.9. The van der Waals surface area contributed by atoms with Crippen molar-refractivity contribution >= 4 is 34.0 Å². The lowest BCUT2D eigenvalue weighted by Crippen LogP contribution is -2.23. The summed E-state index contributed by atoms with van der Waals surface area (Å²) in [6.07, 6.45) is 11.0. The van der Waals surface area contributed by atoms with Crippen LogP contribution in [0.5, 0.6) is 5.75 Å². The maximum Gasteiger partial charge on any atom is 0.248 e. The van der Waals surface area contributed by atoms with Crippen molar-refractivity contribution in [1.29, 1.82) is 5.26 Å². The number of fused-ring (bicyclic) bond motifs is 1. The van der Waals surface area contributed by atoms with Crippen molar-refractivity contribution in [3.8, 4) is 24.2 Å². The summed E-state index contributed by atoms with van der Waals surface area (Å²) in [5, 5.41) is 16.2. The van der Waals surface area contributed by atoms with E-state index < -0.39 is 0 Å². The summed E-state index contributed by atoms with van der Waals surface area (Å²) in [6.45, 7) is 7.78. The van der Waals surface area contributed by atoms with Crippen LogP contribution in [0.15, 0.2) is 48.8 Å². The minimum atomic E-state index is -0.268. The van der Waals surface area contributed by atoms with E-state index in [4.69, 9.17) is 15.9 Å². The number of amides is 1. The zero-order valence-corrected chi connectivity index (χ0v) is 21.5. The summed E-state index contributed by atoms with van der Waals surface area (Å²) >= 11 is 0. The van der Waals surface area contributed by atoms with E-state index in [1.54, 1.807) is 30.3 Å².